The zero-order valence-electron chi connectivity index (χ0n) is 10.5. The molecular formula is C13H17IN2OS. The third-order valence-corrected chi connectivity index (χ3v) is 4.48. The fourth-order valence-corrected chi connectivity index (χ4v) is 2.74. The highest BCUT2D eigenvalue weighted by Gasteiger charge is 2.31. The topological polar surface area (TPSA) is 55.1 Å². The molecule has 1 aromatic carbocycles. The van der Waals surface area contributed by atoms with E-state index >= 15 is 0 Å². The second kappa shape index (κ2) is 6.47. The molecule has 0 unspecified atom stereocenters. The minimum Gasteiger partial charge on any atom is -0.391 e. The molecule has 0 radical (unpaired) electrons. The average Bonchev–Trinajstić information content (AvgIpc) is 2.36. The van der Waals surface area contributed by atoms with E-state index in [1.165, 1.54) is 0 Å². The number of carbonyl (C=O) groups excluding carboxylic acids is 1. The predicted octanol–water partition coefficient (Wildman–Crippen LogP) is 2.87. The molecule has 0 aliphatic carbocycles. The lowest BCUT2D eigenvalue weighted by atomic mass is 9.92. The van der Waals surface area contributed by atoms with E-state index in [4.69, 9.17) is 18.0 Å². The maximum Gasteiger partial charge on any atom is 0.253 e. The van der Waals surface area contributed by atoms with Crippen molar-refractivity contribution in [3.05, 3.63) is 33.4 Å². The van der Waals surface area contributed by atoms with Crippen LogP contribution >= 0.6 is 34.8 Å². The molecule has 0 spiro atoms. The zero-order chi connectivity index (χ0) is 13.8. The molecule has 0 aliphatic rings. The normalized spacial score (nSPS) is 11.1. The number of nitrogens with one attached hydrogen (secondary N) is 1. The molecule has 0 saturated heterocycles. The third kappa shape index (κ3) is 3.20. The molecule has 0 aliphatic heterocycles. The fraction of sp³-hybridized carbons (Fsp3) is 0.385. The van der Waals surface area contributed by atoms with Gasteiger partial charge in [0.1, 0.15) is 0 Å². The minimum absolute atomic E-state index is 0.128. The summed E-state index contributed by atoms with van der Waals surface area (Å²) in [5, 5.41) is 2.98. The fourth-order valence-electron chi connectivity index (χ4n) is 1.77. The first-order valence-electron chi connectivity index (χ1n) is 5.83. The lowest BCUT2D eigenvalue weighted by molar-refractivity contribution is 0.0919. The van der Waals surface area contributed by atoms with Gasteiger partial charge in [-0.05, 0) is 47.6 Å². The van der Waals surface area contributed by atoms with Crippen LogP contribution in [0.4, 0.5) is 0 Å². The van der Waals surface area contributed by atoms with Gasteiger partial charge in [0.2, 0.25) is 0 Å². The highest BCUT2D eigenvalue weighted by molar-refractivity contribution is 14.1. The summed E-state index contributed by atoms with van der Waals surface area (Å²) < 4.78 is 0.914. The van der Waals surface area contributed by atoms with Crippen molar-refractivity contribution in [1.29, 1.82) is 0 Å². The Kier molecular flexibility index (Phi) is 5.52. The highest BCUT2D eigenvalue weighted by atomic mass is 127. The van der Waals surface area contributed by atoms with Crippen LogP contribution in [0.15, 0.2) is 24.3 Å². The molecule has 3 nitrogen and oxygen atoms in total. The van der Waals surface area contributed by atoms with Gasteiger partial charge in [-0.15, -0.1) is 0 Å². The quantitative estimate of drug-likeness (QED) is 0.614. The highest BCUT2D eigenvalue weighted by Crippen LogP contribution is 2.18. The Balaban J connectivity index is 3.00. The van der Waals surface area contributed by atoms with Crippen LogP contribution in [0.2, 0.25) is 0 Å². The molecule has 0 bridgehead atoms. The Labute approximate surface area is 127 Å². The van der Waals surface area contributed by atoms with Crippen LogP contribution in [0.5, 0.6) is 0 Å². The van der Waals surface area contributed by atoms with E-state index < -0.39 is 5.54 Å². The Morgan fingerprint density at radius 3 is 2.39 bits per heavy atom. The average molecular weight is 376 g/mol. The molecule has 0 aromatic heterocycles. The van der Waals surface area contributed by atoms with Crippen molar-refractivity contribution in [2.24, 2.45) is 5.73 Å². The first kappa shape index (κ1) is 15.4. The molecule has 0 saturated carbocycles. The van der Waals surface area contributed by atoms with Crippen molar-refractivity contribution in [2.45, 2.75) is 32.2 Å². The van der Waals surface area contributed by atoms with E-state index in [2.05, 4.69) is 27.9 Å². The van der Waals surface area contributed by atoms with Gasteiger partial charge < -0.3 is 11.1 Å². The van der Waals surface area contributed by atoms with Gasteiger partial charge in [-0.1, -0.05) is 38.2 Å². The zero-order valence-corrected chi connectivity index (χ0v) is 13.5. The number of benzene rings is 1. The van der Waals surface area contributed by atoms with Crippen LogP contribution in [-0.4, -0.2) is 16.4 Å². The van der Waals surface area contributed by atoms with Crippen LogP contribution < -0.4 is 11.1 Å². The van der Waals surface area contributed by atoms with Gasteiger partial charge in [-0.25, -0.2) is 0 Å². The summed E-state index contributed by atoms with van der Waals surface area (Å²) in [5.74, 6) is -0.128. The van der Waals surface area contributed by atoms with Crippen molar-refractivity contribution >= 4 is 45.7 Å². The van der Waals surface area contributed by atoms with E-state index in [9.17, 15) is 4.79 Å². The molecule has 1 aromatic rings. The summed E-state index contributed by atoms with van der Waals surface area (Å²) >= 11 is 7.23. The summed E-state index contributed by atoms with van der Waals surface area (Å²) in [6, 6.07) is 7.44. The Bertz CT molecular complexity index is 458. The second-order valence-electron chi connectivity index (χ2n) is 4.09. The number of carbonyl (C=O) groups is 1. The number of rotatable bonds is 5. The van der Waals surface area contributed by atoms with Crippen LogP contribution in [-0.2, 0) is 0 Å². The molecule has 1 amide bonds. The van der Waals surface area contributed by atoms with E-state index in [-0.39, 0.29) is 5.91 Å². The molecule has 18 heavy (non-hydrogen) atoms. The predicted molar refractivity (Wildman–Crippen MR) is 86.7 cm³/mol. The smallest absolute Gasteiger partial charge is 0.253 e. The van der Waals surface area contributed by atoms with E-state index in [1.54, 1.807) is 6.07 Å². The summed E-state index contributed by atoms with van der Waals surface area (Å²) in [6.07, 6.45) is 1.38. The molecule has 0 heterocycles. The van der Waals surface area contributed by atoms with E-state index in [0.717, 1.165) is 3.57 Å². The van der Waals surface area contributed by atoms with Gasteiger partial charge in [0.25, 0.3) is 5.91 Å². The first-order valence-corrected chi connectivity index (χ1v) is 7.32. The molecule has 3 N–H and O–H groups in total. The number of nitrogens with two attached hydrogens (primary N) is 1. The van der Waals surface area contributed by atoms with Crippen LogP contribution in [0.1, 0.15) is 37.0 Å². The Morgan fingerprint density at radius 2 is 1.94 bits per heavy atom. The maximum absolute atomic E-state index is 12.3. The van der Waals surface area contributed by atoms with Gasteiger partial charge in [0, 0.05) is 3.57 Å². The van der Waals surface area contributed by atoms with Crippen molar-refractivity contribution in [3.8, 4) is 0 Å². The SMILES string of the molecule is CCC(CC)(NC(=O)c1ccccc1I)C(N)=S. The first-order chi connectivity index (χ1) is 8.46. The molecule has 98 valence electrons. The second-order valence-corrected chi connectivity index (χ2v) is 5.69. The number of hydrogen-bond donors (Lipinski definition) is 2. The van der Waals surface area contributed by atoms with Crippen molar-refractivity contribution < 1.29 is 4.79 Å². The number of halogens is 1. The summed E-state index contributed by atoms with van der Waals surface area (Å²) in [7, 11) is 0. The van der Waals surface area contributed by atoms with Crippen molar-refractivity contribution in [3.63, 3.8) is 0 Å². The Morgan fingerprint density at radius 1 is 1.39 bits per heavy atom. The minimum atomic E-state index is -0.592. The van der Waals surface area contributed by atoms with Gasteiger partial charge >= 0.3 is 0 Å². The largest absolute Gasteiger partial charge is 0.391 e. The van der Waals surface area contributed by atoms with Gasteiger partial charge in [-0.3, -0.25) is 4.79 Å². The standard InChI is InChI=1S/C13H17IN2OS/c1-3-13(4-2,12(15)18)16-11(17)9-7-5-6-8-10(9)14/h5-8H,3-4H2,1-2H3,(H2,15,18)(H,16,17). The summed E-state index contributed by atoms with van der Waals surface area (Å²) in [5.41, 5.74) is 5.83. The molecule has 0 fully saturated rings. The lowest BCUT2D eigenvalue weighted by Gasteiger charge is -2.31. The maximum atomic E-state index is 12.3. The molecule has 0 atom stereocenters. The number of hydrogen-bond acceptors (Lipinski definition) is 2. The van der Waals surface area contributed by atoms with Crippen molar-refractivity contribution in [1.82, 2.24) is 5.32 Å². The van der Waals surface area contributed by atoms with Gasteiger partial charge in [-0.2, -0.15) is 0 Å². The van der Waals surface area contributed by atoms with Crippen LogP contribution in [0, 0.1) is 3.57 Å². The van der Waals surface area contributed by atoms with E-state index in [1.807, 2.05) is 32.0 Å². The van der Waals surface area contributed by atoms with Gasteiger partial charge in [0.05, 0.1) is 16.1 Å². The third-order valence-electron chi connectivity index (χ3n) is 3.15. The molecular weight excluding hydrogens is 359 g/mol. The monoisotopic (exact) mass is 376 g/mol. The number of amides is 1. The molecule has 1 rings (SSSR count). The van der Waals surface area contributed by atoms with Crippen LogP contribution in [0.25, 0.3) is 0 Å². The van der Waals surface area contributed by atoms with E-state index in [0.29, 0.717) is 23.4 Å². The number of thiocarbonyl (C=S) groups is 1. The van der Waals surface area contributed by atoms with Crippen LogP contribution in [0.3, 0.4) is 0 Å². The lowest BCUT2D eigenvalue weighted by Crippen LogP contribution is -2.56. The molecule has 5 heteroatoms. The Hall–Kier alpha value is -0.690. The summed E-state index contributed by atoms with van der Waals surface area (Å²) in [6.45, 7) is 3.94. The van der Waals surface area contributed by atoms with Crippen molar-refractivity contribution in [2.75, 3.05) is 0 Å². The summed E-state index contributed by atoms with van der Waals surface area (Å²) in [4.78, 5) is 12.6. The van der Waals surface area contributed by atoms with Gasteiger partial charge in [0.15, 0.2) is 0 Å².